The van der Waals surface area contributed by atoms with Crippen molar-refractivity contribution in [2.45, 2.75) is 19.5 Å². The first-order valence-corrected chi connectivity index (χ1v) is 8.78. The van der Waals surface area contributed by atoms with Gasteiger partial charge in [-0.25, -0.2) is 4.98 Å². The predicted octanol–water partition coefficient (Wildman–Crippen LogP) is 3.64. The van der Waals surface area contributed by atoms with Crippen molar-refractivity contribution in [2.24, 2.45) is 0 Å². The lowest BCUT2D eigenvalue weighted by Gasteiger charge is -2.37. The SMILES string of the molecule is COc1ccccc1C1CNCCN1Cc1c(C)nc2ccccn12.Cl.Cl. The molecule has 1 atom stereocenters. The zero-order valence-electron chi connectivity index (χ0n) is 15.6. The van der Waals surface area contributed by atoms with Crippen LogP contribution in [-0.2, 0) is 6.54 Å². The second kappa shape index (κ2) is 9.42. The van der Waals surface area contributed by atoms with E-state index in [0.29, 0.717) is 6.04 Å². The van der Waals surface area contributed by atoms with Crippen molar-refractivity contribution in [3.05, 3.63) is 65.6 Å². The van der Waals surface area contributed by atoms with Gasteiger partial charge in [0.05, 0.1) is 24.5 Å². The molecule has 0 radical (unpaired) electrons. The minimum absolute atomic E-state index is 0. The second-order valence-electron chi connectivity index (χ2n) is 6.51. The molecule has 1 aliphatic rings. The number of ether oxygens (including phenoxy) is 1. The van der Waals surface area contributed by atoms with Gasteiger partial charge in [-0.05, 0) is 25.1 Å². The minimum atomic E-state index is 0. The molecule has 0 bridgehead atoms. The molecule has 0 amide bonds. The van der Waals surface area contributed by atoms with Gasteiger partial charge in [-0.15, -0.1) is 24.8 Å². The van der Waals surface area contributed by atoms with Crippen molar-refractivity contribution in [3.8, 4) is 5.75 Å². The summed E-state index contributed by atoms with van der Waals surface area (Å²) in [4.78, 5) is 7.23. The van der Waals surface area contributed by atoms with E-state index in [2.05, 4.69) is 52.0 Å². The molecule has 1 aromatic carbocycles. The highest BCUT2D eigenvalue weighted by Gasteiger charge is 2.27. The average molecular weight is 409 g/mol. The lowest BCUT2D eigenvalue weighted by molar-refractivity contribution is 0.148. The number of imidazole rings is 1. The third-order valence-electron chi connectivity index (χ3n) is 5.03. The lowest BCUT2D eigenvalue weighted by atomic mass is 10.0. The molecule has 1 fully saturated rings. The van der Waals surface area contributed by atoms with Crippen LogP contribution in [0, 0.1) is 6.92 Å². The molecule has 7 heteroatoms. The zero-order chi connectivity index (χ0) is 17.2. The summed E-state index contributed by atoms with van der Waals surface area (Å²) in [5.74, 6) is 0.955. The zero-order valence-corrected chi connectivity index (χ0v) is 17.2. The van der Waals surface area contributed by atoms with Gasteiger partial charge in [0.15, 0.2) is 0 Å². The maximum atomic E-state index is 5.60. The molecule has 27 heavy (non-hydrogen) atoms. The first-order valence-electron chi connectivity index (χ1n) is 8.78. The summed E-state index contributed by atoms with van der Waals surface area (Å²) >= 11 is 0. The number of pyridine rings is 1. The summed E-state index contributed by atoms with van der Waals surface area (Å²) in [6.45, 7) is 5.91. The first kappa shape index (κ1) is 21.5. The number of hydrogen-bond acceptors (Lipinski definition) is 4. The number of piperazine rings is 1. The minimum Gasteiger partial charge on any atom is -0.496 e. The molecule has 0 aliphatic carbocycles. The third kappa shape index (κ3) is 4.22. The second-order valence-corrected chi connectivity index (χ2v) is 6.51. The van der Waals surface area contributed by atoms with Crippen LogP contribution in [0.5, 0.6) is 5.75 Å². The Hall–Kier alpha value is -1.79. The molecule has 0 saturated carbocycles. The molecule has 2 aromatic heterocycles. The number of para-hydroxylation sites is 1. The topological polar surface area (TPSA) is 41.8 Å². The third-order valence-corrected chi connectivity index (χ3v) is 5.03. The number of nitrogens with one attached hydrogen (secondary N) is 1. The van der Waals surface area contributed by atoms with Gasteiger partial charge < -0.3 is 14.5 Å². The van der Waals surface area contributed by atoms with E-state index < -0.39 is 0 Å². The quantitative estimate of drug-likeness (QED) is 0.715. The Labute approximate surface area is 172 Å². The van der Waals surface area contributed by atoms with Crippen LogP contribution in [0.2, 0.25) is 0 Å². The van der Waals surface area contributed by atoms with Crippen molar-refractivity contribution in [2.75, 3.05) is 26.7 Å². The molecular formula is C20H26Cl2N4O. The standard InChI is InChI=1S/C20H24N4O.2ClH/c1-15-18(24-11-6-5-9-20(24)22-15)14-23-12-10-21-13-17(23)16-7-3-4-8-19(16)25-2;;/h3-9,11,17,21H,10,12-14H2,1-2H3;2*1H. The first-order chi connectivity index (χ1) is 12.3. The van der Waals surface area contributed by atoms with Crippen LogP contribution in [-0.4, -0.2) is 41.0 Å². The van der Waals surface area contributed by atoms with Gasteiger partial charge in [-0.3, -0.25) is 4.90 Å². The molecule has 1 aliphatic heterocycles. The number of benzene rings is 1. The molecule has 4 rings (SSSR count). The molecule has 5 nitrogen and oxygen atoms in total. The number of aryl methyl sites for hydroxylation is 1. The van der Waals surface area contributed by atoms with Crippen LogP contribution >= 0.6 is 24.8 Å². The smallest absolute Gasteiger partial charge is 0.137 e. The maximum Gasteiger partial charge on any atom is 0.137 e. The van der Waals surface area contributed by atoms with Gasteiger partial charge in [-0.2, -0.15) is 0 Å². The number of halogens is 2. The lowest BCUT2D eigenvalue weighted by Crippen LogP contribution is -2.45. The van der Waals surface area contributed by atoms with E-state index in [4.69, 9.17) is 9.72 Å². The van der Waals surface area contributed by atoms with Gasteiger partial charge in [0.2, 0.25) is 0 Å². The summed E-state index contributed by atoms with van der Waals surface area (Å²) < 4.78 is 7.81. The van der Waals surface area contributed by atoms with Crippen molar-refractivity contribution in [1.29, 1.82) is 0 Å². The highest BCUT2D eigenvalue weighted by molar-refractivity contribution is 5.85. The fourth-order valence-electron chi connectivity index (χ4n) is 3.73. The summed E-state index contributed by atoms with van der Waals surface area (Å²) in [6.07, 6.45) is 2.10. The summed E-state index contributed by atoms with van der Waals surface area (Å²) in [5, 5.41) is 3.53. The molecule has 1 unspecified atom stereocenters. The van der Waals surface area contributed by atoms with Gasteiger partial charge in [-0.1, -0.05) is 24.3 Å². The number of hydrogen-bond donors (Lipinski definition) is 1. The normalized spacial score (nSPS) is 17.2. The highest BCUT2D eigenvalue weighted by atomic mass is 35.5. The van der Waals surface area contributed by atoms with E-state index in [0.717, 1.165) is 43.3 Å². The van der Waals surface area contributed by atoms with Crippen molar-refractivity contribution < 1.29 is 4.74 Å². The maximum absolute atomic E-state index is 5.60. The Balaban J connectivity index is 0.00000131. The van der Waals surface area contributed by atoms with E-state index in [1.807, 2.05) is 18.2 Å². The number of nitrogens with zero attached hydrogens (tertiary/aromatic N) is 3. The molecule has 146 valence electrons. The van der Waals surface area contributed by atoms with Crippen molar-refractivity contribution in [3.63, 3.8) is 0 Å². The van der Waals surface area contributed by atoms with Crippen LogP contribution in [0.15, 0.2) is 48.7 Å². The van der Waals surface area contributed by atoms with Gasteiger partial charge in [0, 0.05) is 37.9 Å². The van der Waals surface area contributed by atoms with E-state index in [1.54, 1.807) is 7.11 Å². The Kier molecular flexibility index (Phi) is 7.50. The molecule has 1 N–H and O–H groups in total. The van der Waals surface area contributed by atoms with E-state index in [9.17, 15) is 0 Å². The summed E-state index contributed by atoms with van der Waals surface area (Å²) in [6, 6.07) is 14.8. The van der Waals surface area contributed by atoms with Crippen LogP contribution in [0.25, 0.3) is 5.65 Å². The molecule has 1 saturated heterocycles. The number of aromatic nitrogens is 2. The van der Waals surface area contributed by atoms with Crippen LogP contribution in [0.3, 0.4) is 0 Å². The van der Waals surface area contributed by atoms with E-state index in [-0.39, 0.29) is 24.8 Å². The fourth-order valence-corrected chi connectivity index (χ4v) is 3.73. The summed E-state index contributed by atoms with van der Waals surface area (Å²) in [7, 11) is 1.74. The van der Waals surface area contributed by atoms with Crippen LogP contribution in [0.1, 0.15) is 23.0 Å². The van der Waals surface area contributed by atoms with Crippen LogP contribution in [0.4, 0.5) is 0 Å². The van der Waals surface area contributed by atoms with Gasteiger partial charge in [0.25, 0.3) is 0 Å². The van der Waals surface area contributed by atoms with Crippen molar-refractivity contribution >= 4 is 30.5 Å². The molecule has 0 spiro atoms. The fraction of sp³-hybridized carbons (Fsp3) is 0.350. The van der Waals surface area contributed by atoms with Gasteiger partial charge in [0.1, 0.15) is 11.4 Å². The molecule has 3 aromatic rings. The Morgan fingerprint density at radius 2 is 1.93 bits per heavy atom. The van der Waals surface area contributed by atoms with Crippen LogP contribution < -0.4 is 10.1 Å². The highest BCUT2D eigenvalue weighted by Crippen LogP contribution is 2.31. The predicted molar refractivity (Wildman–Crippen MR) is 113 cm³/mol. The Morgan fingerprint density at radius 3 is 2.74 bits per heavy atom. The Bertz CT molecular complexity index is 883. The molecule has 3 heterocycles. The van der Waals surface area contributed by atoms with Crippen molar-refractivity contribution in [1.82, 2.24) is 19.6 Å². The van der Waals surface area contributed by atoms with Gasteiger partial charge >= 0.3 is 0 Å². The van der Waals surface area contributed by atoms with E-state index >= 15 is 0 Å². The number of fused-ring (bicyclic) bond motifs is 1. The monoisotopic (exact) mass is 408 g/mol. The van der Waals surface area contributed by atoms with E-state index in [1.165, 1.54) is 11.3 Å². The number of methoxy groups -OCH3 is 1. The Morgan fingerprint density at radius 1 is 1.15 bits per heavy atom. The average Bonchev–Trinajstić information content (AvgIpc) is 2.98. The molecular weight excluding hydrogens is 383 g/mol. The largest absolute Gasteiger partial charge is 0.496 e. The number of rotatable bonds is 4. The summed E-state index contributed by atoms with van der Waals surface area (Å²) in [5.41, 5.74) is 4.61.